The van der Waals surface area contributed by atoms with Crippen LogP contribution in [-0.2, 0) is 9.84 Å². The maximum Gasteiger partial charge on any atom is 0.168 e. The van der Waals surface area contributed by atoms with Gasteiger partial charge in [-0.3, -0.25) is 4.98 Å². The third-order valence-electron chi connectivity index (χ3n) is 3.68. The second-order valence-corrected chi connectivity index (χ2v) is 7.40. The number of methoxy groups -OCH3 is 1. The first-order valence-corrected chi connectivity index (χ1v) is 9.34. The quantitative estimate of drug-likeness (QED) is 0.723. The van der Waals surface area contributed by atoms with E-state index in [0.29, 0.717) is 0 Å². The fraction of sp³-hybridized carbons (Fsp3) is 0.105. The van der Waals surface area contributed by atoms with Crippen LogP contribution in [0.15, 0.2) is 60.1 Å². The first-order valence-electron chi connectivity index (χ1n) is 7.38. The van der Waals surface area contributed by atoms with E-state index in [0.717, 1.165) is 33.3 Å². The Morgan fingerprint density at radius 2 is 1.75 bits per heavy atom. The number of pyridine rings is 1. The van der Waals surface area contributed by atoms with Crippen LogP contribution < -0.4 is 4.74 Å². The molecule has 0 aliphatic heterocycles. The molecule has 1 aromatic heterocycles. The van der Waals surface area contributed by atoms with E-state index in [2.05, 4.69) is 4.98 Å². The summed E-state index contributed by atoms with van der Waals surface area (Å²) in [7, 11) is -1.61. The SMILES string of the molecule is COc1ccc(-c2ncc3ccccc3c2/C=C/S(C)(=O)=O)cc1. The van der Waals surface area contributed by atoms with Crippen molar-refractivity contribution < 1.29 is 13.2 Å². The fourth-order valence-corrected chi connectivity index (χ4v) is 2.91. The molecule has 4 nitrogen and oxygen atoms in total. The number of rotatable bonds is 4. The van der Waals surface area contributed by atoms with Crippen LogP contribution in [0.2, 0.25) is 0 Å². The van der Waals surface area contributed by atoms with Gasteiger partial charge in [0.05, 0.1) is 12.8 Å². The number of hydrogen-bond donors (Lipinski definition) is 0. The standard InChI is InChI=1S/C19H17NO3S/c1-23-16-9-7-14(8-10-16)19-18(11-12-24(2,21)22)17-6-4-3-5-15(17)13-20-19/h3-13H,1-2H3/b12-11+. The smallest absolute Gasteiger partial charge is 0.168 e. The molecule has 24 heavy (non-hydrogen) atoms. The van der Waals surface area contributed by atoms with Crippen LogP contribution in [0, 0.1) is 0 Å². The zero-order chi connectivity index (χ0) is 17.2. The molecule has 0 N–H and O–H groups in total. The van der Waals surface area contributed by atoms with E-state index in [1.165, 1.54) is 11.7 Å². The number of nitrogens with zero attached hydrogens (tertiary/aromatic N) is 1. The van der Waals surface area contributed by atoms with E-state index in [4.69, 9.17) is 4.74 Å². The van der Waals surface area contributed by atoms with E-state index in [-0.39, 0.29) is 0 Å². The highest BCUT2D eigenvalue weighted by atomic mass is 32.2. The number of hydrogen-bond acceptors (Lipinski definition) is 4. The fourth-order valence-electron chi connectivity index (χ4n) is 2.53. The number of benzene rings is 2. The molecule has 5 heteroatoms. The zero-order valence-electron chi connectivity index (χ0n) is 13.4. The molecule has 1 heterocycles. The molecule has 0 saturated heterocycles. The van der Waals surface area contributed by atoms with Crippen molar-refractivity contribution in [3.63, 3.8) is 0 Å². The molecule has 0 atom stereocenters. The third-order valence-corrected chi connectivity index (χ3v) is 4.31. The highest BCUT2D eigenvalue weighted by Crippen LogP contribution is 2.30. The Kier molecular flexibility index (Phi) is 4.36. The lowest BCUT2D eigenvalue weighted by Crippen LogP contribution is -1.93. The maximum atomic E-state index is 11.5. The molecule has 0 saturated carbocycles. The van der Waals surface area contributed by atoms with Gasteiger partial charge in [0.2, 0.25) is 0 Å². The van der Waals surface area contributed by atoms with E-state index in [1.807, 2.05) is 48.5 Å². The summed E-state index contributed by atoms with van der Waals surface area (Å²) in [5.74, 6) is 0.757. The van der Waals surface area contributed by atoms with Crippen LogP contribution in [0.3, 0.4) is 0 Å². The lowest BCUT2D eigenvalue weighted by atomic mass is 10.00. The summed E-state index contributed by atoms with van der Waals surface area (Å²) in [5.41, 5.74) is 2.41. The van der Waals surface area contributed by atoms with Gasteiger partial charge in [0.15, 0.2) is 9.84 Å². The summed E-state index contributed by atoms with van der Waals surface area (Å²) >= 11 is 0. The van der Waals surface area contributed by atoms with Crippen molar-refractivity contribution in [2.24, 2.45) is 0 Å². The Morgan fingerprint density at radius 3 is 2.42 bits per heavy atom. The van der Waals surface area contributed by atoms with Gasteiger partial charge in [0.1, 0.15) is 5.75 Å². The van der Waals surface area contributed by atoms with Gasteiger partial charge in [-0.25, -0.2) is 8.42 Å². The number of fused-ring (bicyclic) bond motifs is 1. The molecule has 0 radical (unpaired) electrons. The number of aromatic nitrogens is 1. The largest absolute Gasteiger partial charge is 0.497 e. The lowest BCUT2D eigenvalue weighted by Gasteiger charge is -2.10. The second-order valence-electron chi connectivity index (χ2n) is 5.47. The summed E-state index contributed by atoms with van der Waals surface area (Å²) in [4.78, 5) is 4.55. The van der Waals surface area contributed by atoms with Gasteiger partial charge in [-0.05, 0) is 35.7 Å². The maximum absolute atomic E-state index is 11.5. The topological polar surface area (TPSA) is 56.3 Å². The summed E-state index contributed by atoms with van der Waals surface area (Å²) in [5, 5.41) is 3.13. The molecular formula is C19H17NO3S. The van der Waals surface area contributed by atoms with E-state index >= 15 is 0 Å². The second kappa shape index (κ2) is 6.45. The van der Waals surface area contributed by atoms with Crippen molar-refractivity contribution in [3.05, 3.63) is 65.7 Å². The van der Waals surface area contributed by atoms with Gasteiger partial charge in [-0.2, -0.15) is 0 Å². The molecule has 0 bridgehead atoms. The normalized spacial score (nSPS) is 11.9. The van der Waals surface area contributed by atoms with Crippen molar-refractivity contribution >= 4 is 26.7 Å². The predicted molar refractivity (Wildman–Crippen MR) is 97.6 cm³/mol. The minimum Gasteiger partial charge on any atom is -0.497 e. The third kappa shape index (κ3) is 3.46. The van der Waals surface area contributed by atoms with Crippen LogP contribution in [0.4, 0.5) is 0 Å². The lowest BCUT2D eigenvalue weighted by molar-refractivity contribution is 0.415. The van der Waals surface area contributed by atoms with E-state index < -0.39 is 9.84 Å². The molecule has 0 amide bonds. The van der Waals surface area contributed by atoms with E-state index in [1.54, 1.807) is 19.4 Å². The molecule has 0 aliphatic rings. The van der Waals surface area contributed by atoms with Crippen LogP contribution >= 0.6 is 0 Å². The van der Waals surface area contributed by atoms with Crippen LogP contribution in [-0.4, -0.2) is 26.8 Å². The van der Waals surface area contributed by atoms with Crippen LogP contribution in [0.25, 0.3) is 28.1 Å². The summed E-state index contributed by atoms with van der Waals surface area (Å²) in [6.07, 6.45) is 4.59. The Bertz CT molecular complexity index is 1010. The molecule has 122 valence electrons. The predicted octanol–water partition coefficient (Wildman–Crippen LogP) is 3.93. The molecule has 0 aliphatic carbocycles. The van der Waals surface area contributed by atoms with Gasteiger partial charge in [0, 0.05) is 34.4 Å². The monoisotopic (exact) mass is 339 g/mol. The molecule has 2 aromatic carbocycles. The van der Waals surface area contributed by atoms with Gasteiger partial charge >= 0.3 is 0 Å². The van der Waals surface area contributed by atoms with Gasteiger partial charge in [-0.15, -0.1) is 0 Å². The van der Waals surface area contributed by atoms with Crippen LogP contribution in [0.1, 0.15) is 5.56 Å². The van der Waals surface area contributed by atoms with Crippen molar-refractivity contribution in [1.29, 1.82) is 0 Å². The first-order chi connectivity index (χ1) is 11.5. The first kappa shape index (κ1) is 16.2. The van der Waals surface area contributed by atoms with Gasteiger partial charge in [-0.1, -0.05) is 24.3 Å². The van der Waals surface area contributed by atoms with Crippen molar-refractivity contribution in [2.75, 3.05) is 13.4 Å². The average molecular weight is 339 g/mol. The van der Waals surface area contributed by atoms with Gasteiger partial charge < -0.3 is 4.74 Å². The number of ether oxygens (including phenoxy) is 1. The Hall–Kier alpha value is -2.66. The van der Waals surface area contributed by atoms with Crippen molar-refractivity contribution in [3.8, 4) is 17.0 Å². The highest BCUT2D eigenvalue weighted by molar-refractivity contribution is 7.93. The van der Waals surface area contributed by atoms with Crippen LogP contribution in [0.5, 0.6) is 5.75 Å². The molecule has 0 fully saturated rings. The molecule has 3 aromatic rings. The Labute approximate surface area is 141 Å². The highest BCUT2D eigenvalue weighted by Gasteiger charge is 2.10. The Balaban J connectivity index is 2.24. The van der Waals surface area contributed by atoms with Crippen molar-refractivity contribution in [2.45, 2.75) is 0 Å². The summed E-state index contributed by atoms with van der Waals surface area (Å²) < 4.78 is 28.3. The average Bonchev–Trinajstić information content (AvgIpc) is 2.59. The minimum absolute atomic E-state index is 0.733. The molecular weight excluding hydrogens is 322 g/mol. The zero-order valence-corrected chi connectivity index (χ0v) is 14.2. The molecule has 0 spiro atoms. The summed E-state index contributed by atoms with van der Waals surface area (Å²) in [6, 6.07) is 15.3. The molecule has 3 rings (SSSR count). The van der Waals surface area contributed by atoms with Crippen molar-refractivity contribution in [1.82, 2.24) is 4.98 Å². The van der Waals surface area contributed by atoms with E-state index in [9.17, 15) is 8.42 Å². The summed E-state index contributed by atoms with van der Waals surface area (Å²) in [6.45, 7) is 0. The number of sulfone groups is 1. The van der Waals surface area contributed by atoms with Gasteiger partial charge in [0.25, 0.3) is 0 Å². The molecule has 0 unspecified atom stereocenters. The minimum atomic E-state index is -3.23. The Morgan fingerprint density at radius 1 is 1.04 bits per heavy atom.